The highest BCUT2D eigenvalue weighted by molar-refractivity contribution is 5.72. The Balaban J connectivity index is 1.67. The van der Waals surface area contributed by atoms with Crippen LogP contribution in [0.5, 0.6) is 0 Å². The Labute approximate surface area is 160 Å². The van der Waals surface area contributed by atoms with Crippen LogP contribution >= 0.6 is 0 Å². The summed E-state index contributed by atoms with van der Waals surface area (Å²) in [5.41, 5.74) is -0.319. The van der Waals surface area contributed by atoms with E-state index in [1.807, 2.05) is 27.9 Å². The van der Waals surface area contributed by atoms with Crippen molar-refractivity contribution in [1.29, 1.82) is 0 Å². The zero-order chi connectivity index (χ0) is 19.0. The van der Waals surface area contributed by atoms with Crippen LogP contribution in [0.4, 0.5) is 4.79 Å². The average Bonchev–Trinajstić information content (AvgIpc) is 3.10. The second kappa shape index (κ2) is 7.33. The fourth-order valence-corrected chi connectivity index (χ4v) is 5.83. The van der Waals surface area contributed by atoms with Crippen molar-refractivity contribution in [2.24, 2.45) is 5.92 Å². The maximum atomic E-state index is 13.1. The summed E-state index contributed by atoms with van der Waals surface area (Å²) in [7, 11) is 1.84. The van der Waals surface area contributed by atoms with Gasteiger partial charge >= 0.3 is 6.09 Å². The number of ether oxygens (including phenoxy) is 2. The van der Waals surface area contributed by atoms with Gasteiger partial charge in [0.25, 0.3) is 0 Å². The number of amides is 1. The third-order valence-corrected chi connectivity index (χ3v) is 7.44. The lowest BCUT2D eigenvalue weighted by Gasteiger charge is -2.41. The minimum absolute atomic E-state index is 0.0516. The second-order valence-corrected chi connectivity index (χ2v) is 10.0. The highest BCUT2D eigenvalue weighted by atomic mass is 16.6. The molecule has 2 bridgehead atoms. The molecule has 4 nitrogen and oxygen atoms in total. The van der Waals surface area contributed by atoms with Crippen LogP contribution < -0.4 is 0 Å². The van der Waals surface area contributed by atoms with Crippen LogP contribution in [-0.2, 0) is 9.47 Å². The highest BCUT2D eigenvalue weighted by Gasteiger charge is 2.62. The number of carbonyl (C=O) groups is 1. The Kier molecular flexibility index (Phi) is 5.63. The molecule has 0 spiro atoms. The quantitative estimate of drug-likeness (QED) is 0.629. The van der Waals surface area contributed by atoms with E-state index in [4.69, 9.17) is 9.47 Å². The number of rotatable bonds is 5. The van der Waals surface area contributed by atoms with Crippen molar-refractivity contribution in [3.63, 3.8) is 0 Å². The van der Waals surface area contributed by atoms with Crippen molar-refractivity contribution in [1.82, 2.24) is 4.90 Å². The highest BCUT2D eigenvalue weighted by Crippen LogP contribution is 2.57. The summed E-state index contributed by atoms with van der Waals surface area (Å²) in [5, 5.41) is 0. The number of hydrogen-bond donors (Lipinski definition) is 0. The lowest BCUT2D eigenvalue weighted by Crippen LogP contribution is -2.52. The Morgan fingerprint density at radius 2 is 1.62 bits per heavy atom. The molecule has 2 saturated heterocycles. The zero-order valence-electron chi connectivity index (χ0n) is 17.6. The van der Waals surface area contributed by atoms with Gasteiger partial charge in [0, 0.05) is 18.2 Å². The van der Waals surface area contributed by atoms with E-state index in [0.717, 1.165) is 44.4 Å². The molecule has 0 atom stereocenters. The minimum Gasteiger partial charge on any atom is -0.444 e. The van der Waals surface area contributed by atoms with E-state index < -0.39 is 5.60 Å². The maximum absolute atomic E-state index is 13.1. The van der Waals surface area contributed by atoms with E-state index in [1.165, 1.54) is 32.1 Å². The van der Waals surface area contributed by atoms with E-state index in [1.54, 1.807) is 0 Å². The molecule has 0 unspecified atom stereocenters. The molecule has 2 aliphatic heterocycles. The van der Waals surface area contributed by atoms with E-state index in [0.29, 0.717) is 6.10 Å². The topological polar surface area (TPSA) is 38.8 Å². The summed E-state index contributed by atoms with van der Waals surface area (Å²) in [6, 6.07) is 0. The SMILES string of the molecule is CCC12CCC(CC[C@H]3CC[C@H](OC)CC3)(CC1)N2C(=O)OC(C)(C)C. The lowest BCUT2D eigenvalue weighted by atomic mass is 9.76. The van der Waals surface area contributed by atoms with Gasteiger partial charge in [0.1, 0.15) is 5.60 Å². The molecule has 1 amide bonds. The van der Waals surface area contributed by atoms with Crippen LogP contribution in [-0.4, -0.2) is 40.9 Å². The summed E-state index contributed by atoms with van der Waals surface area (Å²) in [4.78, 5) is 15.3. The van der Waals surface area contributed by atoms with Crippen molar-refractivity contribution in [3.05, 3.63) is 0 Å². The molecule has 3 aliphatic rings. The molecule has 150 valence electrons. The van der Waals surface area contributed by atoms with Gasteiger partial charge in [-0.3, -0.25) is 4.90 Å². The number of methoxy groups -OCH3 is 1. The predicted molar refractivity (Wildman–Crippen MR) is 104 cm³/mol. The van der Waals surface area contributed by atoms with Gasteiger partial charge in [0.2, 0.25) is 0 Å². The van der Waals surface area contributed by atoms with Crippen LogP contribution in [0.2, 0.25) is 0 Å². The van der Waals surface area contributed by atoms with Crippen molar-refractivity contribution in [2.45, 2.75) is 121 Å². The minimum atomic E-state index is -0.423. The molecular formula is C22H39NO3. The van der Waals surface area contributed by atoms with Gasteiger partial charge in [0.15, 0.2) is 0 Å². The molecule has 3 rings (SSSR count). The first-order valence-electron chi connectivity index (χ1n) is 10.8. The Morgan fingerprint density at radius 1 is 1.04 bits per heavy atom. The van der Waals surface area contributed by atoms with Gasteiger partial charge in [-0.1, -0.05) is 6.92 Å². The third kappa shape index (κ3) is 3.76. The molecule has 0 aromatic rings. The van der Waals surface area contributed by atoms with Gasteiger partial charge in [-0.2, -0.15) is 0 Å². The van der Waals surface area contributed by atoms with E-state index in [9.17, 15) is 4.79 Å². The fourth-order valence-electron chi connectivity index (χ4n) is 5.83. The molecule has 1 saturated carbocycles. The first kappa shape index (κ1) is 20.0. The number of fused-ring (bicyclic) bond motifs is 2. The zero-order valence-corrected chi connectivity index (χ0v) is 17.6. The van der Waals surface area contributed by atoms with Crippen LogP contribution in [0.3, 0.4) is 0 Å². The molecule has 26 heavy (non-hydrogen) atoms. The predicted octanol–water partition coefficient (Wildman–Crippen LogP) is 5.68. The summed E-state index contributed by atoms with van der Waals surface area (Å²) < 4.78 is 11.4. The van der Waals surface area contributed by atoms with Crippen molar-refractivity contribution in [2.75, 3.05) is 7.11 Å². The Hall–Kier alpha value is -0.770. The summed E-state index contributed by atoms with van der Waals surface area (Å²) in [6.45, 7) is 8.16. The summed E-state index contributed by atoms with van der Waals surface area (Å²) in [5.74, 6) is 0.800. The smallest absolute Gasteiger partial charge is 0.411 e. The molecule has 0 aromatic heterocycles. The Morgan fingerprint density at radius 3 is 2.12 bits per heavy atom. The molecule has 1 aliphatic carbocycles. The number of nitrogens with zero attached hydrogens (tertiary/aromatic N) is 1. The van der Waals surface area contributed by atoms with Gasteiger partial charge in [-0.25, -0.2) is 4.79 Å². The van der Waals surface area contributed by atoms with Gasteiger partial charge in [-0.05, 0) is 97.3 Å². The Bertz CT molecular complexity index is 494. The first-order chi connectivity index (χ1) is 12.2. The van der Waals surface area contributed by atoms with Crippen molar-refractivity contribution < 1.29 is 14.3 Å². The number of carbonyl (C=O) groups excluding carboxylic acids is 1. The molecular weight excluding hydrogens is 326 g/mol. The van der Waals surface area contributed by atoms with Crippen LogP contribution in [0, 0.1) is 5.92 Å². The van der Waals surface area contributed by atoms with Crippen molar-refractivity contribution >= 4 is 6.09 Å². The molecule has 0 N–H and O–H groups in total. The molecule has 4 heteroatoms. The van der Waals surface area contributed by atoms with E-state index in [2.05, 4.69) is 11.8 Å². The summed E-state index contributed by atoms with van der Waals surface area (Å²) in [6.07, 6.45) is 13.4. The van der Waals surface area contributed by atoms with E-state index >= 15 is 0 Å². The van der Waals surface area contributed by atoms with Crippen LogP contribution in [0.1, 0.15) is 98.3 Å². The van der Waals surface area contributed by atoms with Crippen LogP contribution in [0.25, 0.3) is 0 Å². The van der Waals surface area contributed by atoms with Crippen molar-refractivity contribution in [3.8, 4) is 0 Å². The molecule has 3 fully saturated rings. The monoisotopic (exact) mass is 365 g/mol. The van der Waals surface area contributed by atoms with Gasteiger partial charge in [0.05, 0.1) is 6.10 Å². The van der Waals surface area contributed by atoms with Crippen LogP contribution in [0.15, 0.2) is 0 Å². The first-order valence-corrected chi connectivity index (χ1v) is 10.8. The fraction of sp³-hybridized carbons (Fsp3) is 0.955. The van der Waals surface area contributed by atoms with E-state index in [-0.39, 0.29) is 17.2 Å². The normalized spacial score (nSPS) is 37.2. The standard InChI is InChI=1S/C22H39NO3/c1-6-21-13-15-22(16-14-21,23(21)19(24)26-20(2,3)4)12-11-17-7-9-18(25-5)10-8-17/h17-18H,6-16H2,1-5H3/t17-,18-,21?,22?. The second-order valence-electron chi connectivity index (χ2n) is 10.0. The third-order valence-electron chi connectivity index (χ3n) is 7.44. The molecule has 2 heterocycles. The number of hydrogen-bond acceptors (Lipinski definition) is 3. The average molecular weight is 366 g/mol. The largest absolute Gasteiger partial charge is 0.444 e. The maximum Gasteiger partial charge on any atom is 0.411 e. The molecule has 0 aromatic carbocycles. The molecule has 0 radical (unpaired) electrons. The lowest BCUT2D eigenvalue weighted by molar-refractivity contribution is -0.00760. The summed E-state index contributed by atoms with van der Waals surface area (Å²) >= 11 is 0. The van der Waals surface area contributed by atoms with Gasteiger partial charge in [-0.15, -0.1) is 0 Å². The van der Waals surface area contributed by atoms with Gasteiger partial charge < -0.3 is 9.47 Å².